The SMILES string of the molecule is C=C(CO)C(=O)OC1CC(=C)C2CC(O)C(C)C2C2OC(=C)C(=C)C12. The molecular formula is C20H26O5. The summed E-state index contributed by atoms with van der Waals surface area (Å²) in [6.07, 6.45) is -0.0276. The Labute approximate surface area is 148 Å². The zero-order valence-electron chi connectivity index (χ0n) is 14.6. The van der Waals surface area contributed by atoms with E-state index in [9.17, 15) is 9.90 Å². The average Bonchev–Trinajstić information content (AvgIpc) is 2.99. The first-order chi connectivity index (χ1) is 11.8. The molecule has 3 fully saturated rings. The summed E-state index contributed by atoms with van der Waals surface area (Å²) < 4.78 is 11.7. The molecule has 5 nitrogen and oxygen atoms in total. The highest BCUT2D eigenvalue weighted by Crippen LogP contribution is 2.54. The maximum Gasteiger partial charge on any atom is 0.336 e. The van der Waals surface area contributed by atoms with Gasteiger partial charge in [0.1, 0.15) is 18.0 Å². The van der Waals surface area contributed by atoms with E-state index >= 15 is 0 Å². The number of esters is 1. The maximum absolute atomic E-state index is 12.2. The molecule has 2 N–H and O–H groups in total. The van der Waals surface area contributed by atoms with Gasteiger partial charge in [0.2, 0.25) is 0 Å². The molecule has 3 aliphatic rings. The van der Waals surface area contributed by atoms with Gasteiger partial charge in [-0.1, -0.05) is 38.8 Å². The first-order valence-corrected chi connectivity index (χ1v) is 8.66. The predicted molar refractivity (Wildman–Crippen MR) is 93.3 cm³/mol. The lowest BCUT2D eigenvalue weighted by atomic mass is 9.79. The van der Waals surface area contributed by atoms with Crippen molar-refractivity contribution in [2.45, 2.75) is 38.1 Å². The molecular weight excluding hydrogens is 320 g/mol. The monoisotopic (exact) mass is 346 g/mol. The maximum atomic E-state index is 12.2. The van der Waals surface area contributed by atoms with Crippen LogP contribution in [0.5, 0.6) is 0 Å². The van der Waals surface area contributed by atoms with Crippen molar-refractivity contribution in [1.29, 1.82) is 0 Å². The second-order valence-electron chi connectivity index (χ2n) is 7.47. The van der Waals surface area contributed by atoms with Crippen LogP contribution in [0, 0.1) is 23.7 Å². The van der Waals surface area contributed by atoms with E-state index in [4.69, 9.17) is 14.6 Å². The van der Waals surface area contributed by atoms with Gasteiger partial charge in [-0.05, 0) is 23.8 Å². The summed E-state index contributed by atoms with van der Waals surface area (Å²) >= 11 is 0. The number of rotatable bonds is 3. The highest BCUT2D eigenvalue weighted by molar-refractivity contribution is 5.88. The minimum atomic E-state index is -0.621. The summed E-state index contributed by atoms with van der Waals surface area (Å²) in [7, 11) is 0. The van der Waals surface area contributed by atoms with Crippen molar-refractivity contribution in [3.05, 3.63) is 48.8 Å². The van der Waals surface area contributed by atoms with Crippen molar-refractivity contribution in [2.75, 3.05) is 6.61 Å². The van der Waals surface area contributed by atoms with Gasteiger partial charge in [0.25, 0.3) is 0 Å². The first kappa shape index (κ1) is 18.0. The van der Waals surface area contributed by atoms with Gasteiger partial charge in [0.15, 0.2) is 0 Å². The van der Waals surface area contributed by atoms with Crippen LogP contribution in [0.15, 0.2) is 48.8 Å². The summed E-state index contributed by atoms with van der Waals surface area (Å²) in [5.74, 6) is -0.104. The molecule has 0 amide bonds. The number of carbonyl (C=O) groups is 1. The Morgan fingerprint density at radius 1 is 1.36 bits per heavy atom. The van der Waals surface area contributed by atoms with Crippen LogP contribution in [-0.4, -0.2) is 41.1 Å². The van der Waals surface area contributed by atoms with Crippen molar-refractivity contribution in [3.8, 4) is 0 Å². The molecule has 136 valence electrons. The fraction of sp³-hybridized carbons (Fsp3) is 0.550. The Balaban J connectivity index is 1.95. The second kappa shape index (κ2) is 6.46. The fourth-order valence-electron chi connectivity index (χ4n) is 4.61. The van der Waals surface area contributed by atoms with Crippen LogP contribution in [0.25, 0.3) is 0 Å². The van der Waals surface area contributed by atoms with Gasteiger partial charge in [-0.3, -0.25) is 0 Å². The molecule has 0 spiro atoms. The lowest BCUT2D eigenvalue weighted by molar-refractivity contribution is -0.148. The van der Waals surface area contributed by atoms with Crippen LogP contribution in [0.4, 0.5) is 0 Å². The third-order valence-electron chi connectivity index (χ3n) is 6.07. The zero-order chi connectivity index (χ0) is 18.5. The van der Waals surface area contributed by atoms with E-state index in [2.05, 4.69) is 26.3 Å². The normalized spacial score (nSPS) is 40.1. The van der Waals surface area contributed by atoms with Crippen LogP contribution >= 0.6 is 0 Å². The molecule has 0 aromatic carbocycles. The van der Waals surface area contributed by atoms with Crippen molar-refractivity contribution in [2.24, 2.45) is 23.7 Å². The molecule has 2 saturated carbocycles. The Morgan fingerprint density at radius 3 is 2.68 bits per heavy atom. The van der Waals surface area contributed by atoms with Crippen molar-refractivity contribution < 1.29 is 24.5 Å². The lowest BCUT2D eigenvalue weighted by Crippen LogP contribution is -2.38. The van der Waals surface area contributed by atoms with Gasteiger partial charge in [-0.2, -0.15) is 0 Å². The third kappa shape index (κ3) is 2.85. The van der Waals surface area contributed by atoms with Crippen molar-refractivity contribution in [3.63, 3.8) is 0 Å². The predicted octanol–water partition coefficient (Wildman–Crippen LogP) is 2.12. The number of aliphatic hydroxyl groups is 2. The summed E-state index contributed by atoms with van der Waals surface area (Å²) in [4.78, 5) is 12.2. The van der Waals surface area contributed by atoms with Crippen LogP contribution in [0.3, 0.4) is 0 Å². The standard InChI is InChI=1S/C20H26O5/c1-9-6-16(25-20(23)10(2)8-21)18-11(3)13(5)24-19(18)17-12(4)15(22)7-14(9)17/h12,14-19,21-22H,1-3,5-8H2,4H3. The molecule has 1 saturated heterocycles. The van der Waals surface area contributed by atoms with E-state index in [1.54, 1.807) is 0 Å². The van der Waals surface area contributed by atoms with E-state index in [-0.39, 0.29) is 35.3 Å². The molecule has 0 radical (unpaired) electrons. The quantitative estimate of drug-likeness (QED) is 0.465. The Bertz CT molecular complexity index is 648. The van der Waals surface area contributed by atoms with E-state index in [0.29, 0.717) is 18.6 Å². The topological polar surface area (TPSA) is 76.0 Å². The zero-order valence-corrected chi connectivity index (χ0v) is 14.6. The molecule has 1 heterocycles. The number of hydrogen-bond acceptors (Lipinski definition) is 5. The minimum absolute atomic E-state index is 0.0127. The second-order valence-corrected chi connectivity index (χ2v) is 7.47. The molecule has 5 heteroatoms. The Hall–Kier alpha value is -1.85. The summed E-state index contributed by atoms with van der Waals surface area (Å²) in [5, 5.41) is 19.5. The number of fused-ring (bicyclic) bond motifs is 3. The lowest BCUT2D eigenvalue weighted by Gasteiger charge is -2.30. The van der Waals surface area contributed by atoms with Crippen LogP contribution in [0.2, 0.25) is 0 Å². The van der Waals surface area contributed by atoms with Crippen LogP contribution in [-0.2, 0) is 14.3 Å². The molecule has 0 bridgehead atoms. The van der Waals surface area contributed by atoms with Gasteiger partial charge >= 0.3 is 5.97 Å². The number of hydrogen-bond donors (Lipinski definition) is 2. The average molecular weight is 346 g/mol. The molecule has 0 aromatic heterocycles. The Kier molecular flexibility index (Phi) is 4.64. The number of carbonyl (C=O) groups excluding carboxylic acids is 1. The minimum Gasteiger partial charge on any atom is -0.490 e. The van der Waals surface area contributed by atoms with Gasteiger partial charge in [0.05, 0.1) is 24.2 Å². The van der Waals surface area contributed by atoms with E-state index in [1.165, 1.54) is 0 Å². The van der Waals surface area contributed by atoms with Crippen LogP contribution in [0.1, 0.15) is 19.8 Å². The highest BCUT2D eigenvalue weighted by Gasteiger charge is 2.56. The van der Waals surface area contributed by atoms with Gasteiger partial charge < -0.3 is 19.7 Å². The first-order valence-electron chi connectivity index (χ1n) is 8.66. The molecule has 7 atom stereocenters. The molecule has 2 aliphatic carbocycles. The smallest absolute Gasteiger partial charge is 0.336 e. The van der Waals surface area contributed by atoms with Crippen molar-refractivity contribution in [1.82, 2.24) is 0 Å². The summed E-state index contributed by atoms with van der Waals surface area (Å²) in [6.45, 7) is 17.3. The van der Waals surface area contributed by atoms with E-state index in [0.717, 1.165) is 11.1 Å². The molecule has 7 unspecified atom stereocenters. The molecule has 1 aliphatic heterocycles. The highest BCUT2D eigenvalue weighted by atomic mass is 16.6. The fourth-order valence-corrected chi connectivity index (χ4v) is 4.61. The number of allylic oxidation sites excluding steroid dienone is 1. The Morgan fingerprint density at radius 2 is 2.04 bits per heavy atom. The molecule has 0 aromatic rings. The largest absolute Gasteiger partial charge is 0.490 e. The van der Waals surface area contributed by atoms with Gasteiger partial charge in [-0.15, -0.1) is 0 Å². The van der Waals surface area contributed by atoms with Gasteiger partial charge in [-0.25, -0.2) is 4.79 Å². The third-order valence-corrected chi connectivity index (χ3v) is 6.07. The summed E-state index contributed by atoms with van der Waals surface area (Å²) in [5.41, 5.74) is 1.69. The van der Waals surface area contributed by atoms with Gasteiger partial charge in [0, 0.05) is 12.3 Å². The van der Waals surface area contributed by atoms with Crippen LogP contribution < -0.4 is 0 Å². The van der Waals surface area contributed by atoms with E-state index in [1.807, 2.05) is 6.92 Å². The number of aliphatic hydroxyl groups excluding tert-OH is 2. The molecule has 25 heavy (non-hydrogen) atoms. The van der Waals surface area contributed by atoms with Crippen molar-refractivity contribution >= 4 is 5.97 Å². The molecule has 3 rings (SSSR count). The van der Waals surface area contributed by atoms with E-state index < -0.39 is 24.8 Å². The summed E-state index contributed by atoms with van der Waals surface area (Å²) in [6, 6.07) is 0. The number of ether oxygens (including phenoxy) is 2.